The van der Waals surface area contributed by atoms with Crippen molar-refractivity contribution in [3.63, 3.8) is 0 Å². The first-order chi connectivity index (χ1) is 19.9. The van der Waals surface area contributed by atoms with Gasteiger partial charge in [-0.2, -0.15) is 4.98 Å². The SMILES string of the molecule is CN(C)CC(Cn1c(=O)c2c(nc(Oc3cccc(OC(F)(F)F)c3)n2Cc2ccc(Cl)cc2)n(C)c1=O)C1CCC1. The van der Waals surface area contributed by atoms with Gasteiger partial charge in [0.25, 0.3) is 5.56 Å². The molecule has 0 spiro atoms. The zero-order valence-electron chi connectivity index (χ0n) is 23.4. The molecule has 5 rings (SSSR count). The molecule has 1 saturated carbocycles. The summed E-state index contributed by atoms with van der Waals surface area (Å²) in [6, 6.07) is 11.9. The molecule has 0 saturated heterocycles. The van der Waals surface area contributed by atoms with Gasteiger partial charge in [-0.1, -0.05) is 49.1 Å². The molecule has 2 aromatic heterocycles. The smallest absolute Gasteiger partial charge is 0.425 e. The zero-order chi connectivity index (χ0) is 30.2. The summed E-state index contributed by atoms with van der Waals surface area (Å²) < 4.78 is 52.5. The summed E-state index contributed by atoms with van der Waals surface area (Å²) in [5.41, 5.74) is -0.0133. The molecule has 42 heavy (non-hydrogen) atoms. The lowest BCUT2D eigenvalue weighted by Gasteiger charge is -2.35. The van der Waals surface area contributed by atoms with E-state index in [9.17, 15) is 22.8 Å². The van der Waals surface area contributed by atoms with E-state index in [1.165, 1.54) is 32.9 Å². The number of alkyl halides is 3. The zero-order valence-corrected chi connectivity index (χ0v) is 24.2. The molecule has 9 nitrogen and oxygen atoms in total. The molecular formula is C29H31ClF3N5O4. The number of aromatic nitrogens is 4. The average Bonchev–Trinajstić information content (AvgIpc) is 3.22. The Morgan fingerprint density at radius 1 is 1.07 bits per heavy atom. The van der Waals surface area contributed by atoms with Crippen LogP contribution in [0, 0.1) is 11.8 Å². The quantitative estimate of drug-likeness (QED) is 0.245. The molecule has 1 unspecified atom stereocenters. The summed E-state index contributed by atoms with van der Waals surface area (Å²) in [6.07, 6.45) is -1.64. The van der Waals surface area contributed by atoms with E-state index in [1.54, 1.807) is 24.3 Å². The molecule has 1 aliphatic rings. The Morgan fingerprint density at radius 3 is 2.38 bits per heavy atom. The van der Waals surface area contributed by atoms with E-state index in [1.807, 2.05) is 14.1 Å². The number of fused-ring (bicyclic) bond motifs is 1. The van der Waals surface area contributed by atoms with Gasteiger partial charge in [0, 0.05) is 31.2 Å². The molecule has 2 heterocycles. The van der Waals surface area contributed by atoms with Crippen LogP contribution in [-0.4, -0.2) is 50.6 Å². The fraction of sp³-hybridized carbons (Fsp3) is 0.414. The Labute approximate surface area is 244 Å². The summed E-state index contributed by atoms with van der Waals surface area (Å²) in [5, 5.41) is 0.528. The fourth-order valence-electron chi connectivity index (χ4n) is 5.32. The molecule has 1 fully saturated rings. The lowest BCUT2D eigenvalue weighted by Crippen LogP contribution is -2.44. The number of benzene rings is 2. The van der Waals surface area contributed by atoms with Gasteiger partial charge in [-0.25, -0.2) is 4.79 Å². The molecule has 1 aliphatic carbocycles. The second kappa shape index (κ2) is 11.8. The topological polar surface area (TPSA) is 83.5 Å². The second-order valence-corrected chi connectivity index (χ2v) is 11.3. The third-order valence-corrected chi connectivity index (χ3v) is 7.78. The molecule has 0 bridgehead atoms. The van der Waals surface area contributed by atoms with Crippen LogP contribution in [0.5, 0.6) is 17.5 Å². The molecule has 0 aliphatic heterocycles. The molecule has 0 N–H and O–H groups in total. The predicted molar refractivity (Wildman–Crippen MR) is 152 cm³/mol. The number of nitrogens with zero attached hydrogens (tertiary/aromatic N) is 5. The number of hydrogen-bond donors (Lipinski definition) is 0. The van der Waals surface area contributed by atoms with Gasteiger partial charge in [0.15, 0.2) is 11.2 Å². The van der Waals surface area contributed by atoms with E-state index in [2.05, 4.69) is 14.6 Å². The fourth-order valence-corrected chi connectivity index (χ4v) is 5.45. The van der Waals surface area contributed by atoms with E-state index in [-0.39, 0.29) is 41.9 Å². The molecule has 2 aromatic carbocycles. The third kappa shape index (κ3) is 6.49. The highest BCUT2D eigenvalue weighted by Gasteiger charge is 2.32. The van der Waals surface area contributed by atoms with Crippen molar-refractivity contribution in [3.05, 3.63) is 80.0 Å². The van der Waals surface area contributed by atoms with E-state index >= 15 is 0 Å². The molecule has 4 aromatic rings. The van der Waals surface area contributed by atoms with E-state index < -0.39 is 23.4 Å². The molecule has 0 radical (unpaired) electrons. The highest BCUT2D eigenvalue weighted by Crippen LogP contribution is 2.35. The van der Waals surface area contributed by atoms with Crippen molar-refractivity contribution in [1.29, 1.82) is 0 Å². The van der Waals surface area contributed by atoms with Gasteiger partial charge < -0.3 is 14.4 Å². The van der Waals surface area contributed by atoms with Crippen LogP contribution in [0.1, 0.15) is 24.8 Å². The third-order valence-electron chi connectivity index (χ3n) is 7.53. The summed E-state index contributed by atoms with van der Waals surface area (Å²) >= 11 is 6.07. The van der Waals surface area contributed by atoms with Crippen LogP contribution in [0.25, 0.3) is 11.2 Å². The van der Waals surface area contributed by atoms with E-state index in [0.717, 1.165) is 43.5 Å². The van der Waals surface area contributed by atoms with Gasteiger partial charge in [-0.05, 0) is 55.8 Å². The summed E-state index contributed by atoms with van der Waals surface area (Å²) in [5.74, 6) is 0.0592. The second-order valence-electron chi connectivity index (χ2n) is 10.9. The maximum atomic E-state index is 14.0. The highest BCUT2D eigenvalue weighted by atomic mass is 35.5. The minimum Gasteiger partial charge on any atom is -0.425 e. The van der Waals surface area contributed by atoms with Crippen LogP contribution in [0.15, 0.2) is 58.1 Å². The first kappa shape index (κ1) is 29.7. The van der Waals surface area contributed by atoms with Crippen LogP contribution in [0.3, 0.4) is 0 Å². The first-order valence-corrected chi connectivity index (χ1v) is 13.9. The molecular weight excluding hydrogens is 575 g/mol. The van der Waals surface area contributed by atoms with Crippen molar-refractivity contribution in [3.8, 4) is 17.5 Å². The Balaban J connectivity index is 1.62. The maximum Gasteiger partial charge on any atom is 0.573 e. The van der Waals surface area contributed by atoms with Crippen molar-refractivity contribution < 1.29 is 22.6 Å². The van der Waals surface area contributed by atoms with Crippen LogP contribution in [0.2, 0.25) is 5.02 Å². The number of imidazole rings is 1. The predicted octanol–water partition coefficient (Wildman–Crippen LogP) is 5.27. The Morgan fingerprint density at radius 2 is 1.76 bits per heavy atom. The normalized spacial score (nSPS) is 14.8. The van der Waals surface area contributed by atoms with Crippen LogP contribution < -0.4 is 20.7 Å². The van der Waals surface area contributed by atoms with Crippen LogP contribution >= 0.6 is 11.6 Å². The van der Waals surface area contributed by atoms with Crippen LogP contribution in [0.4, 0.5) is 13.2 Å². The lowest BCUT2D eigenvalue weighted by molar-refractivity contribution is -0.274. The number of aryl methyl sites for hydroxylation is 1. The van der Waals surface area contributed by atoms with E-state index in [0.29, 0.717) is 10.9 Å². The number of halogens is 4. The van der Waals surface area contributed by atoms with Gasteiger partial charge in [0.2, 0.25) is 0 Å². The largest absolute Gasteiger partial charge is 0.573 e. The summed E-state index contributed by atoms with van der Waals surface area (Å²) in [6.45, 7) is 1.11. The number of hydrogen-bond acceptors (Lipinski definition) is 6. The average molecular weight is 606 g/mol. The van der Waals surface area contributed by atoms with Crippen molar-refractivity contribution in [2.45, 2.75) is 38.7 Å². The van der Waals surface area contributed by atoms with Crippen molar-refractivity contribution in [2.75, 3.05) is 20.6 Å². The van der Waals surface area contributed by atoms with Crippen molar-refractivity contribution >= 4 is 22.8 Å². The summed E-state index contributed by atoms with van der Waals surface area (Å²) in [7, 11) is 5.47. The number of ether oxygens (including phenoxy) is 2. The van der Waals surface area contributed by atoms with Crippen molar-refractivity contribution in [1.82, 2.24) is 23.6 Å². The molecule has 1 atom stereocenters. The molecule has 0 amide bonds. The number of rotatable bonds is 10. The van der Waals surface area contributed by atoms with Gasteiger partial charge in [0.05, 0.1) is 6.54 Å². The van der Waals surface area contributed by atoms with Gasteiger partial charge in [0.1, 0.15) is 11.5 Å². The van der Waals surface area contributed by atoms with Gasteiger partial charge >= 0.3 is 18.1 Å². The monoisotopic (exact) mass is 605 g/mol. The highest BCUT2D eigenvalue weighted by molar-refractivity contribution is 6.30. The first-order valence-electron chi connectivity index (χ1n) is 13.5. The minimum absolute atomic E-state index is 0.00534. The maximum absolute atomic E-state index is 14.0. The minimum atomic E-state index is -4.88. The Kier molecular flexibility index (Phi) is 8.38. The van der Waals surface area contributed by atoms with Crippen LogP contribution in [-0.2, 0) is 20.1 Å². The Hall–Kier alpha value is -3.77. The van der Waals surface area contributed by atoms with Crippen molar-refractivity contribution in [2.24, 2.45) is 18.9 Å². The Bertz CT molecular complexity index is 1690. The molecule has 224 valence electrons. The van der Waals surface area contributed by atoms with Gasteiger partial charge in [-0.15, -0.1) is 13.2 Å². The standard InChI is InChI=1S/C29H31ClF3N5O4/c1-35(2)16-20(19-6-4-7-19)17-38-26(39)24-25(36(3)28(38)40)34-27(37(24)15-18-10-12-21(30)13-11-18)41-22-8-5-9-23(14-22)42-29(31,32)33/h5,8-14,19-20H,4,6-7,15-17H2,1-3H3. The van der Waals surface area contributed by atoms with E-state index in [4.69, 9.17) is 16.3 Å². The molecule has 13 heteroatoms. The summed E-state index contributed by atoms with van der Waals surface area (Å²) in [4.78, 5) is 34.1. The lowest BCUT2D eigenvalue weighted by atomic mass is 9.75. The van der Waals surface area contributed by atoms with Gasteiger partial charge in [-0.3, -0.25) is 18.5 Å².